The van der Waals surface area contributed by atoms with E-state index < -0.39 is 0 Å². The third-order valence-corrected chi connectivity index (χ3v) is 0.670. The van der Waals surface area contributed by atoms with Crippen molar-refractivity contribution in [2.75, 3.05) is 0 Å². The van der Waals surface area contributed by atoms with E-state index in [4.69, 9.17) is 5.41 Å². The van der Waals surface area contributed by atoms with Crippen LogP contribution in [0.1, 0.15) is 13.3 Å². The van der Waals surface area contributed by atoms with E-state index in [0.717, 1.165) is 6.42 Å². The molecule has 0 saturated carbocycles. The van der Waals surface area contributed by atoms with Crippen LogP contribution in [0.3, 0.4) is 0 Å². The van der Waals surface area contributed by atoms with Gasteiger partial charge in [-0.3, -0.25) is 0 Å². The molecule has 0 spiro atoms. The summed E-state index contributed by atoms with van der Waals surface area (Å²) in [6, 6.07) is 0. The molecule has 0 aliphatic heterocycles. The van der Waals surface area contributed by atoms with Gasteiger partial charge in [0.15, 0.2) is 0 Å². The largest absolute Gasteiger partial charge is 0.313 e. The van der Waals surface area contributed by atoms with Gasteiger partial charge in [-0.05, 0) is 12.6 Å². The monoisotopic (exact) mass is 103 g/mol. The molecule has 0 aromatic rings. The lowest BCUT2D eigenvalue weighted by Gasteiger charge is -1.90. The van der Waals surface area contributed by atoms with Crippen LogP contribution in [-0.2, 0) is 0 Å². The van der Waals surface area contributed by atoms with Crippen LogP contribution in [0.2, 0.25) is 0 Å². The molecule has 0 radical (unpaired) electrons. The second-order valence-electron chi connectivity index (χ2n) is 1.29. The summed E-state index contributed by atoms with van der Waals surface area (Å²) < 4.78 is 0. The second-order valence-corrected chi connectivity index (χ2v) is 2.17. The van der Waals surface area contributed by atoms with Gasteiger partial charge in [0.25, 0.3) is 0 Å². The maximum Gasteiger partial charge on any atom is 0.00376 e. The van der Waals surface area contributed by atoms with Gasteiger partial charge in [0.05, 0.1) is 0 Å². The molecule has 36 valence electrons. The van der Waals surface area contributed by atoms with Crippen LogP contribution in [0.5, 0.6) is 0 Å². The zero-order chi connectivity index (χ0) is 4.99. The highest BCUT2D eigenvalue weighted by Gasteiger charge is 1.84. The minimum atomic E-state index is 0.350. The quantitative estimate of drug-likeness (QED) is 0.389. The summed E-state index contributed by atoms with van der Waals surface area (Å²) in [5.41, 5.74) is 0. The van der Waals surface area contributed by atoms with Gasteiger partial charge in [-0.1, -0.05) is 6.92 Å². The van der Waals surface area contributed by atoms with Crippen LogP contribution < -0.4 is 0 Å². The Hall–Kier alpha value is 0.0200. The lowest BCUT2D eigenvalue weighted by molar-refractivity contribution is 1.04. The molecule has 2 heteroatoms. The van der Waals surface area contributed by atoms with Gasteiger partial charge in [0.1, 0.15) is 0 Å². The van der Waals surface area contributed by atoms with E-state index in [1.54, 1.807) is 0 Å². The third-order valence-electron chi connectivity index (χ3n) is 0.459. The van der Waals surface area contributed by atoms with Gasteiger partial charge in [0, 0.05) is 5.25 Å². The van der Waals surface area contributed by atoms with Crippen molar-refractivity contribution in [1.82, 2.24) is 0 Å². The normalized spacial score (nSPS) is 13.7. The molecule has 0 saturated heterocycles. The highest BCUT2D eigenvalue weighted by molar-refractivity contribution is 7.80. The predicted molar refractivity (Wildman–Crippen MR) is 31.8 cm³/mol. The van der Waals surface area contributed by atoms with E-state index >= 15 is 0 Å². The number of nitrogens with one attached hydrogen (secondary N) is 1. The Balaban J connectivity index is 2.81. The fraction of sp³-hybridized carbons (Fsp3) is 0.750. The van der Waals surface area contributed by atoms with Gasteiger partial charge in [-0.25, -0.2) is 0 Å². The average molecular weight is 103 g/mol. The molecule has 0 aromatic carbocycles. The fourth-order valence-corrected chi connectivity index (χ4v) is 0.276. The zero-order valence-electron chi connectivity index (χ0n) is 3.81. The van der Waals surface area contributed by atoms with Crippen molar-refractivity contribution in [2.24, 2.45) is 0 Å². The van der Waals surface area contributed by atoms with Gasteiger partial charge < -0.3 is 5.41 Å². The van der Waals surface area contributed by atoms with Gasteiger partial charge in [-0.2, -0.15) is 12.6 Å². The van der Waals surface area contributed by atoms with Crippen molar-refractivity contribution in [3.05, 3.63) is 0 Å². The Morgan fingerprint density at radius 3 is 2.50 bits per heavy atom. The van der Waals surface area contributed by atoms with Gasteiger partial charge in [-0.15, -0.1) is 0 Å². The minimum Gasteiger partial charge on any atom is -0.313 e. The molecule has 0 bridgehead atoms. The highest BCUT2D eigenvalue weighted by Crippen LogP contribution is 1.93. The van der Waals surface area contributed by atoms with Crippen molar-refractivity contribution in [1.29, 1.82) is 5.41 Å². The van der Waals surface area contributed by atoms with Crippen molar-refractivity contribution in [3.8, 4) is 0 Å². The minimum absolute atomic E-state index is 0.350. The molecule has 0 aliphatic carbocycles. The SMILES string of the molecule is CC(S)CC=N. The van der Waals surface area contributed by atoms with E-state index in [9.17, 15) is 0 Å². The van der Waals surface area contributed by atoms with E-state index in [-0.39, 0.29) is 0 Å². The molecule has 1 N–H and O–H groups in total. The van der Waals surface area contributed by atoms with Crippen LogP contribution in [0.15, 0.2) is 0 Å². The van der Waals surface area contributed by atoms with Crippen LogP contribution in [0.4, 0.5) is 0 Å². The van der Waals surface area contributed by atoms with Crippen LogP contribution >= 0.6 is 12.6 Å². The maximum absolute atomic E-state index is 6.56. The van der Waals surface area contributed by atoms with E-state index in [2.05, 4.69) is 12.6 Å². The first-order valence-electron chi connectivity index (χ1n) is 1.94. The third kappa shape index (κ3) is 4.02. The molecule has 1 unspecified atom stereocenters. The second kappa shape index (κ2) is 3.22. The molecular weight excluding hydrogens is 94.1 g/mol. The Labute approximate surface area is 43.7 Å². The van der Waals surface area contributed by atoms with E-state index in [0.29, 0.717) is 5.25 Å². The van der Waals surface area contributed by atoms with Crippen molar-refractivity contribution in [2.45, 2.75) is 18.6 Å². The van der Waals surface area contributed by atoms with Crippen LogP contribution in [0.25, 0.3) is 0 Å². The van der Waals surface area contributed by atoms with Gasteiger partial charge in [0.2, 0.25) is 0 Å². The highest BCUT2D eigenvalue weighted by atomic mass is 32.1. The molecule has 0 aromatic heterocycles. The molecule has 0 heterocycles. The zero-order valence-corrected chi connectivity index (χ0v) is 4.70. The standard InChI is InChI=1S/C4H9NS/c1-4(6)2-3-5/h3-6H,2H2,1H3. The summed E-state index contributed by atoms with van der Waals surface area (Å²) in [6.45, 7) is 1.97. The topological polar surface area (TPSA) is 23.9 Å². The lowest BCUT2D eigenvalue weighted by atomic mass is 10.4. The first kappa shape index (κ1) is 6.02. The molecule has 1 nitrogen and oxygen atoms in total. The van der Waals surface area contributed by atoms with Gasteiger partial charge >= 0.3 is 0 Å². The number of thiol groups is 1. The summed E-state index contributed by atoms with van der Waals surface area (Å²) in [6.07, 6.45) is 2.15. The van der Waals surface area contributed by atoms with Crippen LogP contribution in [-0.4, -0.2) is 11.5 Å². The van der Waals surface area contributed by atoms with E-state index in [1.165, 1.54) is 6.21 Å². The Kier molecular flexibility index (Phi) is 3.23. The van der Waals surface area contributed by atoms with Crippen molar-refractivity contribution < 1.29 is 0 Å². The molecule has 0 fully saturated rings. The number of hydrogen-bond donors (Lipinski definition) is 2. The summed E-state index contributed by atoms with van der Waals surface area (Å²) in [5.74, 6) is 0. The maximum atomic E-state index is 6.56. The number of hydrogen-bond acceptors (Lipinski definition) is 2. The predicted octanol–water partition coefficient (Wildman–Crippen LogP) is 1.34. The lowest BCUT2D eigenvalue weighted by Crippen LogP contribution is -1.88. The van der Waals surface area contributed by atoms with Crippen molar-refractivity contribution >= 4 is 18.8 Å². The summed E-state index contributed by atoms with van der Waals surface area (Å²) in [4.78, 5) is 0. The van der Waals surface area contributed by atoms with Crippen molar-refractivity contribution in [3.63, 3.8) is 0 Å². The molecule has 1 atom stereocenters. The smallest absolute Gasteiger partial charge is 0.00376 e. The Morgan fingerprint density at radius 2 is 2.50 bits per heavy atom. The number of rotatable bonds is 2. The molecule has 0 aliphatic rings. The summed E-state index contributed by atoms with van der Waals surface area (Å²) in [5, 5.41) is 6.91. The van der Waals surface area contributed by atoms with Crippen LogP contribution in [0, 0.1) is 5.41 Å². The molecule has 6 heavy (non-hydrogen) atoms. The molecule has 0 amide bonds. The average Bonchev–Trinajstić information content (AvgIpc) is 1.35. The fourth-order valence-electron chi connectivity index (χ4n) is 0.171. The first-order chi connectivity index (χ1) is 2.77. The Morgan fingerprint density at radius 1 is 2.00 bits per heavy atom. The Bertz CT molecular complexity index is 42.8. The summed E-state index contributed by atoms with van der Waals surface area (Å²) >= 11 is 4.03. The van der Waals surface area contributed by atoms with E-state index in [1.807, 2.05) is 6.92 Å². The summed E-state index contributed by atoms with van der Waals surface area (Å²) in [7, 11) is 0. The first-order valence-corrected chi connectivity index (χ1v) is 2.46. The molecule has 0 rings (SSSR count). The molecular formula is C4H9NS.